The molecule has 4 aromatic rings. The van der Waals surface area contributed by atoms with Crippen molar-refractivity contribution in [3.63, 3.8) is 0 Å². The van der Waals surface area contributed by atoms with Gasteiger partial charge in [0.05, 0.1) is 12.6 Å². The number of aromatic nitrogens is 4. The number of anilines is 1. The molecular formula is C21H20BrN7O2. The van der Waals surface area contributed by atoms with Crippen molar-refractivity contribution in [1.29, 1.82) is 0 Å². The van der Waals surface area contributed by atoms with Crippen molar-refractivity contribution < 1.29 is 9.53 Å². The number of halogens is 1. The zero-order chi connectivity index (χ0) is 21.4. The summed E-state index contributed by atoms with van der Waals surface area (Å²) >= 11 is 3.58. The Morgan fingerprint density at radius 3 is 2.81 bits per heavy atom. The maximum Gasteiger partial charge on any atom is 0.243 e. The molecule has 0 radical (unpaired) electrons. The van der Waals surface area contributed by atoms with Crippen LogP contribution in [0.4, 0.5) is 5.95 Å². The Morgan fingerprint density at radius 1 is 1.16 bits per heavy atom. The van der Waals surface area contributed by atoms with Gasteiger partial charge in [-0.15, -0.1) is 5.10 Å². The Balaban J connectivity index is 1.66. The smallest absolute Gasteiger partial charge is 0.243 e. The number of benzene rings is 2. The largest absolute Gasteiger partial charge is 0.497 e. The fraction of sp³-hybridized carbons (Fsp3) is 0.238. The van der Waals surface area contributed by atoms with Crippen LogP contribution in [0.1, 0.15) is 0 Å². The number of nitrogens with one attached hydrogen (secondary N) is 3. The Hall–Kier alpha value is -3.24. The van der Waals surface area contributed by atoms with E-state index in [2.05, 4.69) is 31.9 Å². The van der Waals surface area contributed by atoms with Crippen LogP contribution in [-0.2, 0) is 4.79 Å². The first-order chi connectivity index (χ1) is 15.1. The van der Waals surface area contributed by atoms with Gasteiger partial charge in [-0.3, -0.25) is 4.79 Å². The van der Waals surface area contributed by atoms with E-state index >= 15 is 0 Å². The van der Waals surface area contributed by atoms with Crippen LogP contribution in [-0.4, -0.2) is 58.3 Å². The van der Waals surface area contributed by atoms with E-state index in [1.54, 1.807) is 11.6 Å². The second kappa shape index (κ2) is 8.12. The molecule has 10 heteroatoms. The van der Waals surface area contributed by atoms with Crippen molar-refractivity contribution in [2.45, 2.75) is 6.04 Å². The number of methoxy groups -OCH3 is 1. The highest BCUT2D eigenvalue weighted by molar-refractivity contribution is 9.10. The van der Waals surface area contributed by atoms with Crippen molar-refractivity contribution in [2.75, 3.05) is 32.1 Å². The molecule has 31 heavy (non-hydrogen) atoms. The summed E-state index contributed by atoms with van der Waals surface area (Å²) in [5, 5.41) is 15.0. The van der Waals surface area contributed by atoms with Crippen LogP contribution in [0.25, 0.3) is 27.9 Å². The van der Waals surface area contributed by atoms with Crippen molar-refractivity contribution in [3.05, 3.63) is 46.9 Å². The summed E-state index contributed by atoms with van der Waals surface area (Å²) in [4.78, 5) is 22.0. The summed E-state index contributed by atoms with van der Waals surface area (Å²) in [6, 6.07) is 12.9. The summed E-state index contributed by atoms with van der Waals surface area (Å²) < 4.78 is 7.74. The van der Waals surface area contributed by atoms with Crippen LogP contribution in [0.3, 0.4) is 0 Å². The minimum Gasteiger partial charge on any atom is -0.497 e. The van der Waals surface area contributed by atoms with Gasteiger partial charge >= 0.3 is 0 Å². The molecule has 1 fully saturated rings. The second-order valence-electron chi connectivity index (χ2n) is 7.16. The molecule has 1 aliphatic rings. The molecular weight excluding hydrogens is 462 g/mol. The fourth-order valence-electron chi connectivity index (χ4n) is 3.56. The lowest BCUT2D eigenvalue weighted by molar-refractivity contribution is -0.121. The lowest BCUT2D eigenvalue weighted by atomic mass is 10.2. The third-order valence-electron chi connectivity index (χ3n) is 5.17. The average Bonchev–Trinajstić information content (AvgIpc) is 3.15. The first-order valence-electron chi connectivity index (χ1n) is 9.88. The Bertz CT molecular complexity index is 1270. The monoisotopic (exact) mass is 481 g/mol. The molecule has 1 atom stereocenters. The van der Waals surface area contributed by atoms with Gasteiger partial charge in [-0.2, -0.15) is 4.52 Å². The average molecular weight is 482 g/mol. The number of carbonyl (C=O) groups is 1. The molecule has 0 bridgehead atoms. The summed E-state index contributed by atoms with van der Waals surface area (Å²) in [5.41, 5.74) is 2.25. The number of rotatable bonds is 4. The Kier molecular flexibility index (Phi) is 5.16. The normalized spacial score (nSPS) is 16.8. The van der Waals surface area contributed by atoms with Gasteiger partial charge in [0.25, 0.3) is 0 Å². The minimum atomic E-state index is -0.480. The van der Waals surface area contributed by atoms with Crippen LogP contribution in [0.15, 0.2) is 46.9 Å². The maximum atomic E-state index is 12.5. The Morgan fingerprint density at radius 2 is 2.00 bits per heavy atom. The lowest BCUT2D eigenvalue weighted by Crippen LogP contribution is -2.42. The van der Waals surface area contributed by atoms with Gasteiger partial charge in [0.15, 0.2) is 11.5 Å². The van der Waals surface area contributed by atoms with Crippen LogP contribution in [0.5, 0.6) is 5.75 Å². The molecule has 0 unspecified atom stereocenters. The van der Waals surface area contributed by atoms with E-state index in [0.29, 0.717) is 30.5 Å². The van der Waals surface area contributed by atoms with Gasteiger partial charge in [0, 0.05) is 35.1 Å². The molecule has 5 rings (SSSR count). The van der Waals surface area contributed by atoms with E-state index in [-0.39, 0.29) is 5.91 Å². The first kappa shape index (κ1) is 19.7. The highest BCUT2D eigenvalue weighted by atomic mass is 79.9. The number of amides is 1. The molecule has 1 amide bonds. The van der Waals surface area contributed by atoms with Gasteiger partial charge in [0.1, 0.15) is 11.8 Å². The summed E-state index contributed by atoms with van der Waals surface area (Å²) in [6.45, 7) is 1.80. The molecule has 0 saturated carbocycles. The predicted molar refractivity (Wildman–Crippen MR) is 121 cm³/mol. The molecule has 0 spiro atoms. The van der Waals surface area contributed by atoms with Gasteiger partial charge in [-0.1, -0.05) is 6.07 Å². The van der Waals surface area contributed by atoms with E-state index in [1.807, 2.05) is 42.5 Å². The van der Waals surface area contributed by atoms with Gasteiger partial charge in [-0.25, -0.2) is 9.97 Å². The number of nitrogens with zero attached hydrogens (tertiary/aromatic N) is 4. The predicted octanol–water partition coefficient (Wildman–Crippen LogP) is 2.22. The molecule has 0 aliphatic carbocycles. The van der Waals surface area contributed by atoms with E-state index in [4.69, 9.17) is 19.8 Å². The second-order valence-corrected chi connectivity index (χ2v) is 8.02. The SMILES string of the molecule is COc1ccc(-c2nc3c4cccc(Br)c4nc(N[C@H]4CNCCNC4=O)n3n2)cc1. The summed E-state index contributed by atoms with van der Waals surface area (Å²) in [6.07, 6.45) is 0. The van der Waals surface area contributed by atoms with Crippen LogP contribution in [0, 0.1) is 0 Å². The summed E-state index contributed by atoms with van der Waals surface area (Å²) in [7, 11) is 1.63. The van der Waals surface area contributed by atoms with Crippen molar-refractivity contribution in [3.8, 4) is 17.1 Å². The highest BCUT2D eigenvalue weighted by Crippen LogP contribution is 2.29. The van der Waals surface area contributed by atoms with Gasteiger partial charge in [0.2, 0.25) is 11.9 Å². The number of para-hydroxylation sites is 1. The molecule has 158 valence electrons. The molecule has 2 aromatic heterocycles. The first-order valence-corrected chi connectivity index (χ1v) is 10.7. The van der Waals surface area contributed by atoms with Gasteiger partial charge < -0.3 is 20.7 Å². The topological polar surface area (TPSA) is 105 Å². The molecule has 3 N–H and O–H groups in total. The van der Waals surface area contributed by atoms with Crippen LogP contribution >= 0.6 is 15.9 Å². The fourth-order valence-corrected chi connectivity index (χ4v) is 4.02. The summed E-state index contributed by atoms with van der Waals surface area (Å²) in [5.74, 6) is 1.69. The van der Waals surface area contributed by atoms with Gasteiger partial charge in [-0.05, 0) is 52.3 Å². The number of ether oxygens (including phenoxy) is 1. The van der Waals surface area contributed by atoms with Crippen molar-refractivity contribution in [2.24, 2.45) is 0 Å². The molecule has 9 nitrogen and oxygen atoms in total. The number of hydrogen-bond acceptors (Lipinski definition) is 7. The minimum absolute atomic E-state index is 0.0809. The van der Waals surface area contributed by atoms with E-state index in [9.17, 15) is 4.79 Å². The highest BCUT2D eigenvalue weighted by Gasteiger charge is 2.23. The van der Waals surface area contributed by atoms with Crippen LogP contribution < -0.4 is 20.7 Å². The standard InChI is InChI=1S/C21H20BrN7O2/c1-31-13-7-5-12(6-8-13)18-27-19-14-3-2-4-15(22)17(14)26-21(29(19)28-18)25-16-11-23-9-10-24-20(16)30/h2-8,16,23H,9-11H2,1H3,(H,24,30)(H,25,26)/t16-/m0/s1. The molecule has 2 aromatic carbocycles. The zero-order valence-corrected chi connectivity index (χ0v) is 18.3. The molecule has 3 heterocycles. The lowest BCUT2D eigenvalue weighted by Gasteiger charge is -2.17. The number of fused-ring (bicyclic) bond motifs is 3. The number of carbonyl (C=O) groups excluding carboxylic acids is 1. The molecule has 1 aliphatic heterocycles. The van der Waals surface area contributed by atoms with Crippen LogP contribution in [0.2, 0.25) is 0 Å². The maximum absolute atomic E-state index is 12.5. The van der Waals surface area contributed by atoms with Crippen molar-refractivity contribution in [1.82, 2.24) is 30.2 Å². The zero-order valence-electron chi connectivity index (χ0n) is 16.7. The third-order valence-corrected chi connectivity index (χ3v) is 5.81. The van der Waals surface area contributed by atoms with E-state index < -0.39 is 6.04 Å². The number of hydrogen-bond donors (Lipinski definition) is 3. The van der Waals surface area contributed by atoms with E-state index in [0.717, 1.165) is 33.2 Å². The van der Waals surface area contributed by atoms with E-state index in [1.165, 1.54) is 0 Å². The third kappa shape index (κ3) is 3.68. The quantitative estimate of drug-likeness (QED) is 0.410. The molecule has 1 saturated heterocycles. The Labute approximate surface area is 186 Å². The van der Waals surface area contributed by atoms with Crippen molar-refractivity contribution >= 4 is 44.3 Å².